The van der Waals surface area contributed by atoms with Crippen LogP contribution in [0.1, 0.15) is 0 Å². The minimum atomic E-state index is 1.25. The van der Waals surface area contributed by atoms with Crippen LogP contribution in [0.2, 0.25) is 0 Å². The molecule has 98 valence electrons. The molecule has 15 heteroatoms. The fraction of sp³-hybridized carbons (Fsp3) is 1.00. The molecule has 8 N–H and O–H groups in total. The van der Waals surface area contributed by atoms with Gasteiger partial charge in [-0.1, -0.05) is 11.3 Å². The molecular formula is CH11N7O8. The van der Waals surface area contributed by atoms with Crippen molar-refractivity contribution >= 4 is 0 Å². The maximum Gasteiger partial charge on any atom is 0.0599 e. The Labute approximate surface area is 87.5 Å². The molecule has 0 fully saturated rings. The van der Waals surface area contributed by atoms with E-state index < -0.39 is 0 Å². The molecule has 0 unspecified atom stereocenters. The van der Waals surface area contributed by atoms with E-state index in [1.165, 1.54) is 12.8 Å². The van der Waals surface area contributed by atoms with Gasteiger partial charge in [0.15, 0.2) is 0 Å². The minimum Gasteiger partial charge on any atom is -0.291 e. The molecule has 0 aromatic carbocycles. The van der Waals surface area contributed by atoms with Crippen molar-refractivity contribution < 1.29 is 39.7 Å². The smallest absolute Gasteiger partial charge is 0.0599 e. The maximum absolute atomic E-state index is 7.84. The van der Waals surface area contributed by atoms with Crippen LogP contribution in [0.15, 0.2) is 0 Å². The second-order valence-electron chi connectivity index (χ2n) is 1.41. The Hall–Kier alpha value is -0.600. The monoisotopic (exact) mass is 249 g/mol. The van der Waals surface area contributed by atoms with Gasteiger partial charge in [0.25, 0.3) is 0 Å². The van der Waals surface area contributed by atoms with Crippen LogP contribution in [-0.2, 0) is 34.5 Å². The van der Waals surface area contributed by atoms with Gasteiger partial charge in [-0.25, -0.2) is 0 Å². The summed E-state index contributed by atoms with van der Waals surface area (Å²) in [6.07, 6.45) is 0. The lowest BCUT2D eigenvalue weighted by molar-refractivity contribution is -0.410. The predicted molar refractivity (Wildman–Crippen MR) is 37.3 cm³/mol. The van der Waals surface area contributed by atoms with Gasteiger partial charge >= 0.3 is 0 Å². The molecular weight excluding hydrogens is 238 g/mol. The summed E-state index contributed by atoms with van der Waals surface area (Å²) in [4.78, 5) is 28.9. The molecule has 0 bridgehead atoms. The summed E-state index contributed by atoms with van der Waals surface area (Å²) in [5.41, 5.74) is 11.9. The van der Waals surface area contributed by atoms with Crippen LogP contribution < -0.4 is 39.5 Å². The van der Waals surface area contributed by atoms with E-state index in [1.807, 2.05) is 11.3 Å². The molecule has 16 heavy (non-hydrogen) atoms. The summed E-state index contributed by atoms with van der Waals surface area (Å²) in [6, 6.07) is 0. The van der Waals surface area contributed by atoms with E-state index in [9.17, 15) is 0 Å². The normalized spacial score (nSPS) is 10.9. The summed E-state index contributed by atoms with van der Waals surface area (Å²) < 4.78 is 0. The average Bonchev–Trinajstić information content (AvgIpc) is 2.31. The highest BCUT2D eigenvalue weighted by Crippen LogP contribution is 1.62. The van der Waals surface area contributed by atoms with E-state index in [-0.39, 0.29) is 0 Å². The summed E-state index contributed by atoms with van der Waals surface area (Å²) in [6.45, 7) is 0. The van der Waals surface area contributed by atoms with Crippen LogP contribution in [0, 0.1) is 0 Å². The zero-order valence-electron chi connectivity index (χ0n) is 7.80. The van der Waals surface area contributed by atoms with Gasteiger partial charge in [-0.3, -0.25) is 10.0 Å². The van der Waals surface area contributed by atoms with Gasteiger partial charge in [0.2, 0.25) is 0 Å². The molecule has 0 saturated heterocycles. The van der Waals surface area contributed by atoms with E-state index in [4.69, 9.17) is 5.21 Å². The predicted octanol–water partition coefficient (Wildman–Crippen LogP) is -3.86. The van der Waals surface area contributed by atoms with Crippen LogP contribution >= 0.6 is 0 Å². The summed E-state index contributed by atoms with van der Waals surface area (Å²) in [5, 5.41) is 7.84. The van der Waals surface area contributed by atoms with Crippen LogP contribution in [0.5, 0.6) is 0 Å². The first-order valence-corrected chi connectivity index (χ1v) is 3.29. The molecule has 0 aliphatic carbocycles. The number of nitrogens with one attached hydrogen (secondary N) is 7. The summed E-state index contributed by atoms with van der Waals surface area (Å²) in [7, 11) is 1.32. The van der Waals surface area contributed by atoms with Gasteiger partial charge in [-0.05, 0) is 28.2 Å². The Morgan fingerprint density at radius 3 is 1.38 bits per heavy atom. The lowest BCUT2D eigenvalue weighted by atomic mass is 11.7. The second-order valence-corrected chi connectivity index (χ2v) is 1.41. The lowest BCUT2D eigenvalue weighted by Gasteiger charge is -2.07. The zero-order valence-corrected chi connectivity index (χ0v) is 7.80. The molecule has 0 saturated carbocycles. The molecule has 15 nitrogen and oxygen atoms in total. The molecule has 0 aliphatic heterocycles. The molecule has 0 aromatic rings. The Morgan fingerprint density at radius 1 is 0.625 bits per heavy atom. The van der Waals surface area contributed by atoms with Crippen molar-refractivity contribution in [2.45, 2.75) is 0 Å². The van der Waals surface area contributed by atoms with E-state index in [0.717, 1.165) is 0 Å². The highest BCUT2D eigenvalue weighted by molar-refractivity contribution is 3.69. The fourth-order valence-electron chi connectivity index (χ4n) is 0.250. The fourth-order valence-corrected chi connectivity index (χ4v) is 0.250. The molecule has 0 aliphatic rings. The summed E-state index contributed by atoms with van der Waals surface area (Å²) >= 11 is 0. The molecule has 0 radical (unpaired) electrons. The topological polar surface area (TPSA) is 169 Å². The maximum atomic E-state index is 7.84. The van der Waals surface area contributed by atoms with E-state index in [0.29, 0.717) is 0 Å². The largest absolute Gasteiger partial charge is 0.291 e. The van der Waals surface area contributed by atoms with Gasteiger partial charge in [0, 0.05) is 0 Å². The van der Waals surface area contributed by atoms with E-state index >= 15 is 0 Å². The first kappa shape index (κ1) is 15.4. The standard InChI is InChI=1S/CH11N7O8/c1-10-3-12-5-14-7-16-8-15-6-13-4-11-2-9/h2-9H,1H3. The first-order chi connectivity index (χ1) is 7.91. The lowest BCUT2D eigenvalue weighted by Crippen LogP contribution is -2.38. The molecule has 0 amide bonds. The van der Waals surface area contributed by atoms with Gasteiger partial charge in [0.1, 0.15) is 0 Å². The van der Waals surface area contributed by atoms with Crippen molar-refractivity contribution in [1.82, 2.24) is 39.5 Å². The number of hydrogen-bond acceptors (Lipinski definition) is 15. The Balaban J connectivity index is 2.83. The van der Waals surface area contributed by atoms with Crippen molar-refractivity contribution in [3.05, 3.63) is 0 Å². The van der Waals surface area contributed by atoms with Gasteiger partial charge in [-0.15, -0.1) is 0 Å². The molecule has 0 atom stereocenters. The highest BCUT2D eigenvalue weighted by Gasteiger charge is 1.88. The Bertz CT molecular complexity index is 113. The Morgan fingerprint density at radius 2 is 1.00 bits per heavy atom. The average molecular weight is 249 g/mol. The zero-order chi connectivity index (χ0) is 11.9. The molecule has 0 spiro atoms. The third-order valence-corrected chi connectivity index (χ3v) is 0.587. The molecule has 0 heterocycles. The first-order valence-electron chi connectivity index (χ1n) is 3.29. The number of hydrogen-bond donors (Lipinski definition) is 8. The summed E-state index contributed by atoms with van der Waals surface area (Å²) in [5.74, 6) is 0. The molecule has 0 aromatic heterocycles. The van der Waals surface area contributed by atoms with E-state index in [2.05, 4.69) is 34.5 Å². The van der Waals surface area contributed by atoms with Crippen LogP contribution in [0.4, 0.5) is 0 Å². The third kappa shape index (κ3) is 13.4. The van der Waals surface area contributed by atoms with Crippen molar-refractivity contribution in [3.63, 3.8) is 0 Å². The van der Waals surface area contributed by atoms with Crippen LogP contribution in [0.3, 0.4) is 0 Å². The Kier molecular flexibility index (Phi) is 13.9. The van der Waals surface area contributed by atoms with Gasteiger partial charge < -0.3 is 0 Å². The van der Waals surface area contributed by atoms with Crippen LogP contribution in [-0.4, -0.2) is 12.3 Å². The SMILES string of the molecule is CONONONONONONONO. The third-order valence-electron chi connectivity index (χ3n) is 0.587. The second kappa shape index (κ2) is 14.4. The molecule has 0 rings (SSSR count). The van der Waals surface area contributed by atoms with Gasteiger partial charge in [0.05, 0.1) is 7.11 Å². The van der Waals surface area contributed by atoms with Crippen molar-refractivity contribution in [2.24, 2.45) is 0 Å². The number of rotatable bonds is 13. The highest BCUT2D eigenvalue weighted by atomic mass is 17.2. The van der Waals surface area contributed by atoms with Crippen LogP contribution in [0.25, 0.3) is 0 Å². The van der Waals surface area contributed by atoms with Crippen molar-refractivity contribution in [1.29, 1.82) is 0 Å². The van der Waals surface area contributed by atoms with E-state index in [1.54, 1.807) is 22.6 Å². The van der Waals surface area contributed by atoms with Crippen molar-refractivity contribution in [2.75, 3.05) is 7.11 Å². The van der Waals surface area contributed by atoms with Gasteiger partial charge in [-0.2, -0.15) is 29.6 Å². The van der Waals surface area contributed by atoms with Crippen molar-refractivity contribution in [3.8, 4) is 0 Å². The quantitative estimate of drug-likeness (QED) is 0.118. The minimum absolute atomic E-state index is 1.25.